The summed E-state index contributed by atoms with van der Waals surface area (Å²) in [5.74, 6) is 0. The molecule has 0 unspecified atom stereocenters. The molecule has 0 bridgehead atoms. The Kier molecular flexibility index (Phi) is 5.01. The van der Waals surface area contributed by atoms with Crippen molar-refractivity contribution in [3.63, 3.8) is 0 Å². The highest BCUT2D eigenvalue weighted by molar-refractivity contribution is 9.10. The number of rotatable bonds is 6. The molecular weight excluding hydrogens is 420 g/mol. The third-order valence-corrected chi connectivity index (χ3v) is 5.69. The van der Waals surface area contributed by atoms with E-state index in [1.165, 1.54) is 4.90 Å². The molecule has 136 valence electrons. The number of H-pyrrole nitrogens is 1. The van der Waals surface area contributed by atoms with E-state index < -0.39 is 9.84 Å². The number of hydrogen-bond donors (Lipinski definition) is 2. The van der Waals surface area contributed by atoms with E-state index in [4.69, 9.17) is 0 Å². The van der Waals surface area contributed by atoms with Gasteiger partial charge >= 0.3 is 0 Å². The lowest BCUT2D eigenvalue weighted by atomic mass is 10.2. The Morgan fingerprint density at radius 2 is 2.12 bits per heavy atom. The molecule has 0 radical (unpaired) electrons. The number of amides is 1. The van der Waals surface area contributed by atoms with Gasteiger partial charge in [0.2, 0.25) is 6.41 Å². The molecule has 0 spiro atoms. The molecule has 0 aliphatic heterocycles. The van der Waals surface area contributed by atoms with Crippen LogP contribution in [0.5, 0.6) is 0 Å². The van der Waals surface area contributed by atoms with Gasteiger partial charge in [-0.2, -0.15) is 0 Å². The highest BCUT2D eigenvalue weighted by atomic mass is 79.9. The minimum atomic E-state index is -3.44. The van der Waals surface area contributed by atoms with Gasteiger partial charge in [-0.05, 0) is 23.8 Å². The van der Waals surface area contributed by atoms with E-state index in [9.17, 15) is 13.2 Å². The van der Waals surface area contributed by atoms with Crippen LogP contribution in [0.2, 0.25) is 0 Å². The lowest BCUT2D eigenvalue weighted by molar-refractivity contribution is -0.107. The van der Waals surface area contributed by atoms with Crippen molar-refractivity contribution in [2.24, 2.45) is 0 Å². The van der Waals surface area contributed by atoms with E-state index in [1.807, 2.05) is 6.07 Å². The second-order valence-corrected chi connectivity index (χ2v) is 8.67. The van der Waals surface area contributed by atoms with Crippen molar-refractivity contribution in [3.8, 4) is 0 Å². The summed E-state index contributed by atoms with van der Waals surface area (Å²) in [7, 11) is -1.68. The van der Waals surface area contributed by atoms with Gasteiger partial charge < -0.3 is 15.2 Å². The van der Waals surface area contributed by atoms with E-state index >= 15 is 0 Å². The average molecular weight is 437 g/mol. The molecule has 2 heterocycles. The van der Waals surface area contributed by atoms with E-state index in [1.54, 1.807) is 37.6 Å². The SMILES string of the molecule is CNc1c(N(C=O)Cc2ccc(Br)cc2S(C)(=O)=O)cnc2[nH]ccc12. The van der Waals surface area contributed by atoms with Crippen LogP contribution in [0.3, 0.4) is 0 Å². The smallest absolute Gasteiger partial charge is 0.214 e. The van der Waals surface area contributed by atoms with Gasteiger partial charge in [0.1, 0.15) is 5.65 Å². The summed E-state index contributed by atoms with van der Waals surface area (Å²) >= 11 is 3.29. The Balaban J connectivity index is 2.08. The van der Waals surface area contributed by atoms with Crippen LogP contribution in [0.1, 0.15) is 5.56 Å². The minimum Gasteiger partial charge on any atom is -0.386 e. The van der Waals surface area contributed by atoms with Crippen molar-refractivity contribution in [1.29, 1.82) is 0 Å². The molecule has 26 heavy (non-hydrogen) atoms. The van der Waals surface area contributed by atoms with Crippen LogP contribution in [-0.2, 0) is 21.2 Å². The second-order valence-electron chi connectivity index (χ2n) is 5.77. The quantitative estimate of drug-likeness (QED) is 0.579. The fourth-order valence-corrected chi connectivity index (χ4v) is 4.31. The number of aromatic amines is 1. The maximum absolute atomic E-state index is 12.1. The van der Waals surface area contributed by atoms with Crippen LogP contribution in [-0.4, -0.2) is 38.1 Å². The number of sulfone groups is 1. The highest BCUT2D eigenvalue weighted by Crippen LogP contribution is 2.33. The number of nitrogens with one attached hydrogen (secondary N) is 2. The van der Waals surface area contributed by atoms with E-state index in [2.05, 4.69) is 31.2 Å². The van der Waals surface area contributed by atoms with E-state index in [-0.39, 0.29) is 11.4 Å². The highest BCUT2D eigenvalue weighted by Gasteiger charge is 2.19. The standard InChI is InChI=1S/C17H17BrN4O3S/c1-19-16-13-5-6-20-17(13)21-8-14(16)22(10-23)9-11-3-4-12(18)7-15(11)26(2,24)25/h3-8,10H,9H2,1-2H3,(H2,19,20,21). The first kappa shape index (κ1) is 18.4. The summed E-state index contributed by atoms with van der Waals surface area (Å²) < 4.78 is 24.9. The van der Waals surface area contributed by atoms with E-state index in [0.29, 0.717) is 27.8 Å². The zero-order valence-electron chi connectivity index (χ0n) is 14.2. The first-order chi connectivity index (χ1) is 12.3. The number of hydrogen-bond acceptors (Lipinski definition) is 5. The molecule has 0 saturated carbocycles. The number of carbonyl (C=O) groups excluding carboxylic acids is 1. The molecular formula is C17H17BrN4O3S. The topological polar surface area (TPSA) is 95.2 Å². The predicted molar refractivity (Wildman–Crippen MR) is 105 cm³/mol. The van der Waals surface area contributed by atoms with Crippen molar-refractivity contribution in [3.05, 3.63) is 46.7 Å². The van der Waals surface area contributed by atoms with Crippen LogP contribution in [0.25, 0.3) is 11.0 Å². The summed E-state index contributed by atoms with van der Waals surface area (Å²) in [6, 6.07) is 6.85. The molecule has 0 aliphatic carbocycles. The number of nitrogens with zero attached hydrogens (tertiary/aromatic N) is 2. The molecule has 9 heteroatoms. The summed E-state index contributed by atoms with van der Waals surface area (Å²) in [5.41, 5.74) is 2.53. The van der Waals surface area contributed by atoms with Crippen molar-refractivity contribution < 1.29 is 13.2 Å². The molecule has 1 aromatic carbocycles. The van der Waals surface area contributed by atoms with Crippen LogP contribution in [0.4, 0.5) is 11.4 Å². The molecule has 3 rings (SSSR count). The zero-order valence-corrected chi connectivity index (χ0v) is 16.6. The first-order valence-corrected chi connectivity index (χ1v) is 10.4. The van der Waals surface area contributed by atoms with Crippen molar-refractivity contribution >= 4 is 54.6 Å². The van der Waals surface area contributed by atoms with Gasteiger partial charge in [0, 0.05) is 29.4 Å². The molecule has 7 nitrogen and oxygen atoms in total. The monoisotopic (exact) mass is 436 g/mol. The Labute approximate surface area is 159 Å². The number of halogens is 1. The number of aromatic nitrogens is 2. The minimum absolute atomic E-state index is 0.103. The molecule has 0 fully saturated rings. The van der Waals surface area contributed by atoms with Crippen molar-refractivity contribution in [1.82, 2.24) is 9.97 Å². The summed E-state index contributed by atoms with van der Waals surface area (Å²) in [6.45, 7) is 0.103. The van der Waals surface area contributed by atoms with Gasteiger partial charge in [-0.3, -0.25) is 4.79 Å². The average Bonchev–Trinajstić information content (AvgIpc) is 3.07. The van der Waals surface area contributed by atoms with Gasteiger partial charge in [-0.1, -0.05) is 22.0 Å². The maximum atomic E-state index is 12.1. The van der Waals surface area contributed by atoms with Crippen LogP contribution < -0.4 is 10.2 Å². The number of carbonyl (C=O) groups is 1. The molecule has 2 aromatic heterocycles. The normalized spacial score (nSPS) is 11.5. The van der Waals surface area contributed by atoms with Gasteiger partial charge in [0.05, 0.1) is 29.0 Å². The molecule has 1 amide bonds. The molecule has 0 atom stereocenters. The van der Waals surface area contributed by atoms with Gasteiger partial charge in [-0.15, -0.1) is 0 Å². The van der Waals surface area contributed by atoms with Crippen molar-refractivity contribution in [2.45, 2.75) is 11.4 Å². The zero-order chi connectivity index (χ0) is 18.9. The lowest BCUT2D eigenvalue weighted by Gasteiger charge is -2.22. The Bertz CT molecular complexity index is 1080. The van der Waals surface area contributed by atoms with Crippen LogP contribution in [0, 0.1) is 0 Å². The predicted octanol–water partition coefficient (Wildman–Crippen LogP) is 2.93. The molecule has 3 aromatic rings. The molecule has 2 N–H and O–H groups in total. The summed E-state index contributed by atoms with van der Waals surface area (Å²) in [5, 5.41) is 3.94. The van der Waals surface area contributed by atoms with Gasteiger partial charge in [0.15, 0.2) is 9.84 Å². The number of anilines is 2. The van der Waals surface area contributed by atoms with Gasteiger partial charge in [0.25, 0.3) is 0 Å². The summed E-state index contributed by atoms with van der Waals surface area (Å²) in [4.78, 5) is 20.7. The number of pyridine rings is 1. The number of benzene rings is 1. The van der Waals surface area contributed by atoms with Crippen LogP contribution in [0.15, 0.2) is 46.0 Å². The molecule has 0 aliphatic rings. The fourth-order valence-electron chi connectivity index (χ4n) is 2.84. The molecule has 0 saturated heterocycles. The fraction of sp³-hybridized carbons (Fsp3) is 0.176. The Morgan fingerprint density at radius 3 is 2.77 bits per heavy atom. The third-order valence-electron chi connectivity index (χ3n) is 4.02. The Morgan fingerprint density at radius 1 is 1.35 bits per heavy atom. The van der Waals surface area contributed by atoms with Gasteiger partial charge in [-0.25, -0.2) is 13.4 Å². The number of fused-ring (bicyclic) bond motifs is 1. The first-order valence-electron chi connectivity index (χ1n) is 7.69. The third kappa shape index (κ3) is 3.45. The largest absolute Gasteiger partial charge is 0.386 e. The van der Waals surface area contributed by atoms with E-state index in [0.717, 1.165) is 17.3 Å². The van der Waals surface area contributed by atoms with Crippen LogP contribution >= 0.6 is 15.9 Å². The second kappa shape index (κ2) is 7.08. The summed E-state index contributed by atoms with van der Waals surface area (Å²) in [6.07, 6.45) is 5.17. The maximum Gasteiger partial charge on any atom is 0.214 e. The van der Waals surface area contributed by atoms with Crippen molar-refractivity contribution in [2.75, 3.05) is 23.5 Å². The lowest BCUT2D eigenvalue weighted by Crippen LogP contribution is -2.23. The Hall–Kier alpha value is -2.39.